The molecule has 1 rings (SSSR count). The molecule has 1 aliphatic rings. The van der Waals surface area contributed by atoms with Crippen molar-refractivity contribution in [3.05, 3.63) is 0 Å². The summed E-state index contributed by atoms with van der Waals surface area (Å²) in [4.78, 5) is 24.9. The van der Waals surface area contributed by atoms with Gasteiger partial charge in [-0.15, -0.1) is 0 Å². The van der Waals surface area contributed by atoms with Crippen LogP contribution in [0, 0.1) is 11.3 Å². The molecule has 18 heavy (non-hydrogen) atoms. The summed E-state index contributed by atoms with van der Waals surface area (Å²) in [5.41, 5.74) is -0.495. The van der Waals surface area contributed by atoms with Crippen LogP contribution in [0.15, 0.2) is 0 Å². The van der Waals surface area contributed by atoms with E-state index in [1.54, 1.807) is 4.90 Å². The van der Waals surface area contributed by atoms with Crippen LogP contribution in [0.5, 0.6) is 0 Å². The van der Waals surface area contributed by atoms with Crippen molar-refractivity contribution in [1.82, 2.24) is 10.2 Å². The standard InChI is InChI=1S/C13H24N2O3/c1-5-9-6-7-15(8-9)12(18)14-10(11(16)17)13(2,3)4/h9-10H,5-8H2,1-4H3,(H,14,18)(H,16,17). The van der Waals surface area contributed by atoms with Gasteiger partial charge in [0.15, 0.2) is 0 Å². The first-order valence-corrected chi connectivity index (χ1v) is 6.54. The number of carboxylic acid groups (broad SMARTS) is 1. The second kappa shape index (κ2) is 5.59. The molecule has 1 saturated heterocycles. The van der Waals surface area contributed by atoms with Gasteiger partial charge < -0.3 is 15.3 Å². The van der Waals surface area contributed by atoms with Gasteiger partial charge in [-0.3, -0.25) is 0 Å². The SMILES string of the molecule is CCC1CCN(C(=O)NC(C(=O)O)C(C)(C)C)C1. The Hall–Kier alpha value is -1.26. The molecule has 2 atom stereocenters. The van der Waals surface area contributed by atoms with Crippen LogP contribution in [0.3, 0.4) is 0 Å². The highest BCUT2D eigenvalue weighted by atomic mass is 16.4. The van der Waals surface area contributed by atoms with Crippen LogP contribution >= 0.6 is 0 Å². The molecule has 0 saturated carbocycles. The third kappa shape index (κ3) is 3.62. The highest BCUT2D eigenvalue weighted by Gasteiger charge is 2.35. The van der Waals surface area contributed by atoms with Crippen molar-refractivity contribution in [2.24, 2.45) is 11.3 Å². The van der Waals surface area contributed by atoms with Gasteiger partial charge in [0.05, 0.1) is 0 Å². The first-order valence-electron chi connectivity index (χ1n) is 6.54. The Bertz CT molecular complexity index is 323. The minimum Gasteiger partial charge on any atom is -0.480 e. The summed E-state index contributed by atoms with van der Waals surface area (Å²) in [5.74, 6) is -0.434. The number of nitrogens with one attached hydrogen (secondary N) is 1. The molecule has 1 heterocycles. The van der Waals surface area contributed by atoms with Gasteiger partial charge in [0.1, 0.15) is 6.04 Å². The van der Waals surface area contributed by atoms with E-state index in [1.807, 2.05) is 20.8 Å². The largest absolute Gasteiger partial charge is 0.480 e. The number of hydrogen-bond acceptors (Lipinski definition) is 2. The summed E-state index contributed by atoms with van der Waals surface area (Å²) in [6.45, 7) is 9.00. The molecule has 104 valence electrons. The number of rotatable bonds is 3. The summed E-state index contributed by atoms with van der Waals surface area (Å²) >= 11 is 0. The lowest BCUT2D eigenvalue weighted by Crippen LogP contribution is -2.52. The summed E-state index contributed by atoms with van der Waals surface area (Å²) in [7, 11) is 0. The van der Waals surface area contributed by atoms with Gasteiger partial charge >= 0.3 is 12.0 Å². The molecule has 5 heteroatoms. The van der Waals surface area contributed by atoms with E-state index >= 15 is 0 Å². The van der Waals surface area contributed by atoms with Crippen molar-refractivity contribution in [1.29, 1.82) is 0 Å². The maximum atomic E-state index is 12.0. The van der Waals surface area contributed by atoms with Gasteiger partial charge in [-0.25, -0.2) is 9.59 Å². The Labute approximate surface area is 109 Å². The highest BCUT2D eigenvalue weighted by Crippen LogP contribution is 2.22. The number of carbonyl (C=O) groups is 2. The van der Waals surface area contributed by atoms with Crippen molar-refractivity contribution in [2.45, 2.75) is 46.6 Å². The molecular formula is C13H24N2O3. The lowest BCUT2D eigenvalue weighted by Gasteiger charge is -2.29. The van der Waals surface area contributed by atoms with E-state index < -0.39 is 17.4 Å². The van der Waals surface area contributed by atoms with Crippen LogP contribution < -0.4 is 5.32 Å². The molecule has 0 aromatic carbocycles. The van der Waals surface area contributed by atoms with Crippen molar-refractivity contribution in [3.63, 3.8) is 0 Å². The molecule has 0 spiro atoms. The lowest BCUT2D eigenvalue weighted by atomic mass is 9.87. The summed E-state index contributed by atoms with van der Waals surface area (Å²) in [6, 6.07) is -1.11. The van der Waals surface area contributed by atoms with E-state index in [9.17, 15) is 9.59 Å². The zero-order chi connectivity index (χ0) is 13.9. The third-order valence-corrected chi connectivity index (χ3v) is 3.53. The molecule has 5 nitrogen and oxygen atoms in total. The predicted octanol–water partition coefficient (Wildman–Crippen LogP) is 1.93. The Morgan fingerprint density at radius 3 is 2.44 bits per heavy atom. The topological polar surface area (TPSA) is 69.6 Å². The average molecular weight is 256 g/mol. The minimum absolute atomic E-state index is 0.256. The Balaban J connectivity index is 2.60. The number of carbonyl (C=O) groups excluding carboxylic acids is 1. The molecule has 2 amide bonds. The third-order valence-electron chi connectivity index (χ3n) is 3.53. The Morgan fingerprint density at radius 2 is 2.06 bits per heavy atom. The summed E-state index contributed by atoms with van der Waals surface area (Å²) in [6.07, 6.45) is 2.07. The molecule has 0 bridgehead atoms. The van der Waals surface area contributed by atoms with E-state index in [-0.39, 0.29) is 6.03 Å². The predicted molar refractivity (Wildman–Crippen MR) is 69.4 cm³/mol. The Kier molecular flexibility index (Phi) is 4.59. The molecule has 0 aromatic heterocycles. The molecule has 0 aromatic rings. The molecular weight excluding hydrogens is 232 g/mol. The van der Waals surface area contributed by atoms with Gasteiger partial charge in [0, 0.05) is 13.1 Å². The zero-order valence-electron chi connectivity index (χ0n) is 11.7. The fourth-order valence-corrected chi connectivity index (χ4v) is 2.21. The van der Waals surface area contributed by atoms with Crippen molar-refractivity contribution in [3.8, 4) is 0 Å². The second-order valence-electron chi connectivity index (χ2n) is 6.10. The summed E-state index contributed by atoms with van der Waals surface area (Å²) < 4.78 is 0. The molecule has 1 aliphatic heterocycles. The first-order chi connectivity index (χ1) is 8.25. The van der Waals surface area contributed by atoms with Crippen LogP contribution in [0.4, 0.5) is 4.79 Å². The van der Waals surface area contributed by atoms with E-state index in [4.69, 9.17) is 5.11 Å². The molecule has 2 N–H and O–H groups in total. The smallest absolute Gasteiger partial charge is 0.326 e. The number of nitrogens with zero attached hydrogens (tertiary/aromatic N) is 1. The monoisotopic (exact) mass is 256 g/mol. The maximum Gasteiger partial charge on any atom is 0.326 e. The normalized spacial score (nSPS) is 21.8. The van der Waals surface area contributed by atoms with Crippen LogP contribution in [0.25, 0.3) is 0 Å². The number of carboxylic acids is 1. The van der Waals surface area contributed by atoms with Gasteiger partial charge in [0.25, 0.3) is 0 Å². The van der Waals surface area contributed by atoms with E-state index in [0.29, 0.717) is 5.92 Å². The number of likely N-dealkylation sites (tertiary alicyclic amines) is 1. The number of urea groups is 1. The fraction of sp³-hybridized carbons (Fsp3) is 0.846. The van der Waals surface area contributed by atoms with Crippen LogP contribution in [0.2, 0.25) is 0 Å². The quantitative estimate of drug-likeness (QED) is 0.810. The van der Waals surface area contributed by atoms with Crippen LogP contribution in [-0.2, 0) is 4.79 Å². The molecule has 1 fully saturated rings. The van der Waals surface area contributed by atoms with Crippen molar-refractivity contribution >= 4 is 12.0 Å². The van der Waals surface area contributed by atoms with Crippen LogP contribution in [0.1, 0.15) is 40.5 Å². The molecule has 0 radical (unpaired) electrons. The molecule has 0 aliphatic carbocycles. The van der Waals surface area contributed by atoms with Crippen molar-refractivity contribution in [2.75, 3.05) is 13.1 Å². The highest BCUT2D eigenvalue weighted by molar-refractivity contribution is 5.83. The first kappa shape index (κ1) is 14.8. The van der Waals surface area contributed by atoms with E-state index in [2.05, 4.69) is 12.2 Å². The van der Waals surface area contributed by atoms with Gasteiger partial charge in [-0.1, -0.05) is 34.1 Å². The van der Waals surface area contributed by atoms with E-state index in [0.717, 1.165) is 25.9 Å². The average Bonchev–Trinajstić information content (AvgIpc) is 2.71. The maximum absolute atomic E-state index is 12.0. The number of amides is 2. The fourth-order valence-electron chi connectivity index (χ4n) is 2.21. The summed E-state index contributed by atoms with van der Waals surface area (Å²) in [5, 5.41) is 11.8. The lowest BCUT2D eigenvalue weighted by molar-refractivity contribution is -0.142. The van der Waals surface area contributed by atoms with Gasteiger partial charge in [0.2, 0.25) is 0 Å². The second-order valence-corrected chi connectivity index (χ2v) is 6.10. The van der Waals surface area contributed by atoms with Gasteiger partial charge in [-0.2, -0.15) is 0 Å². The Morgan fingerprint density at radius 1 is 1.44 bits per heavy atom. The van der Waals surface area contributed by atoms with Crippen molar-refractivity contribution < 1.29 is 14.7 Å². The minimum atomic E-state index is -0.984. The van der Waals surface area contributed by atoms with Crippen LogP contribution in [-0.4, -0.2) is 41.1 Å². The zero-order valence-corrected chi connectivity index (χ0v) is 11.7. The molecule has 2 unspecified atom stereocenters. The number of aliphatic carboxylic acids is 1. The van der Waals surface area contributed by atoms with E-state index in [1.165, 1.54) is 0 Å². The van der Waals surface area contributed by atoms with Gasteiger partial charge in [-0.05, 0) is 17.8 Å². The number of hydrogen-bond donors (Lipinski definition) is 2.